The minimum atomic E-state index is -5.25. The van der Waals surface area contributed by atoms with E-state index in [2.05, 4.69) is 0 Å². The van der Waals surface area contributed by atoms with Gasteiger partial charge in [0.05, 0.1) is 0 Å². The number of benzene rings is 1. The highest BCUT2D eigenvalue weighted by Gasteiger charge is 2.52. The van der Waals surface area contributed by atoms with Crippen LogP contribution < -0.4 is 0 Å². The van der Waals surface area contributed by atoms with Crippen LogP contribution in [0.1, 0.15) is 18.4 Å². The molecular formula is C13H14F3NO2S. The van der Waals surface area contributed by atoms with Crippen molar-refractivity contribution in [3.63, 3.8) is 0 Å². The minimum Gasteiger partial charge on any atom is -0.203 e. The van der Waals surface area contributed by atoms with Crippen LogP contribution >= 0.6 is 0 Å². The largest absolute Gasteiger partial charge is 0.511 e. The molecule has 20 heavy (non-hydrogen) atoms. The Morgan fingerprint density at radius 2 is 1.85 bits per heavy atom. The Labute approximate surface area is 115 Å². The highest BCUT2D eigenvalue weighted by molar-refractivity contribution is 7.90. The minimum absolute atomic E-state index is 0.0916. The SMILES string of the molecule is O=S(=O)(N1CCCC1/C=C/c1ccccc1)C(F)(F)F. The summed E-state index contributed by atoms with van der Waals surface area (Å²) in [5.41, 5.74) is -4.42. The van der Waals surface area contributed by atoms with Gasteiger partial charge in [0.25, 0.3) is 0 Å². The van der Waals surface area contributed by atoms with Gasteiger partial charge in [0.2, 0.25) is 0 Å². The van der Waals surface area contributed by atoms with Crippen molar-refractivity contribution >= 4 is 16.1 Å². The molecule has 1 saturated heterocycles. The first-order valence-corrected chi connectivity index (χ1v) is 7.58. The Balaban J connectivity index is 2.19. The second-order valence-electron chi connectivity index (χ2n) is 4.54. The van der Waals surface area contributed by atoms with Gasteiger partial charge in [-0.3, -0.25) is 0 Å². The van der Waals surface area contributed by atoms with E-state index >= 15 is 0 Å². The smallest absolute Gasteiger partial charge is 0.203 e. The summed E-state index contributed by atoms with van der Waals surface area (Å²) in [6.07, 6.45) is 4.00. The molecule has 7 heteroatoms. The molecule has 1 fully saturated rings. The van der Waals surface area contributed by atoms with Gasteiger partial charge >= 0.3 is 15.5 Å². The summed E-state index contributed by atoms with van der Waals surface area (Å²) < 4.78 is 61.1. The standard InChI is InChI=1S/C13H14F3NO2S/c14-13(15,16)20(18,19)17-10-4-7-12(17)9-8-11-5-2-1-3-6-11/h1-3,5-6,8-9,12H,4,7,10H2/b9-8+. The second-order valence-corrected chi connectivity index (χ2v) is 6.42. The molecule has 3 nitrogen and oxygen atoms in total. The summed E-state index contributed by atoms with van der Waals surface area (Å²) in [6.45, 7) is -0.0916. The van der Waals surface area contributed by atoms with Gasteiger partial charge in [-0.2, -0.15) is 17.5 Å². The van der Waals surface area contributed by atoms with Crippen molar-refractivity contribution in [3.8, 4) is 0 Å². The number of hydrogen-bond acceptors (Lipinski definition) is 2. The van der Waals surface area contributed by atoms with Crippen molar-refractivity contribution in [3.05, 3.63) is 42.0 Å². The van der Waals surface area contributed by atoms with Gasteiger partial charge in [0.15, 0.2) is 0 Å². The average molecular weight is 305 g/mol. The molecule has 0 radical (unpaired) electrons. The van der Waals surface area contributed by atoms with Crippen molar-refractivity contribution in [1.29, 1.82) is 0 Å². The van der Waals surface area contributed by atoms with Crippen molar-refractivity contribution in [2.24, 2.45) is 0 Å². The van der Waals surface area contributed by atoms with Crippen LogP contribution in [0.15, 0.2) is 36.4 Å². The number of rotatable bonds is 3. The molecular weight excluding hydrogens is 291 g/mol. The molecule has 0 aliphatic carbocycles. The van der Waals surface area contributed by atoms with Crippen LogP contribution in [0.25, 0.3) is 6.08 Å². The van der Waals surface area contributed by atoms with Crippen LogP contribution in [-0.2, 0) is 10.0 Å². The van der Waals surface area contributed by atoms with Crippen LogP contribution in [0, 0.1) is 0 Å². The summed E-state index contributed by atoms with van der Waals surface area (Å²) in [7, 11) is -5.25. The fraction of sp³-hybridized carbons (Fsp3) is 0.385. The Bertz CT molecular complexity index is 581. The molecule has 1 atom stereocenters. The fourth-order valence-corrected chi connectivity index (χ4v) is 3.34. The van der Waals surface area contributed by atoms with E-state index in [0.29, 0.717) is 17.1 Å². The zero-order chi connectivity index (χ0) is 14.8. The second kappa shape index (κ2) is 5.57. The molecule has 0 amide bonds. The van der Waals surface area contributed by atoms with E-state index in [0.717, 1.165) is 5.56 Å². The van der Waals surface area contributed by atoms with Crippen LogP contribution in [0.3, 0.4) is 0 Å². The van der Waals surface area contributed by atoms with Crippen molar-refractivity contribution in [2.75, 3.05) is 6.54 Å². The van der Waals surface area contributed by atoms with Crippen LogP contribution in [0.2, 0.25) is 0 Å². The summed E-state index contributed by atoms with van der Waals surface area (Å²) in [4.78, 5) is 0. The van der Waals surface area contributed by atoms with Gasteiger partial charge in [-0.1, -0.05) is 42.5 Å². The summed E-state index contributed by atoms with van der Waals surface area (Å²) in [5.74, 6) is 0. The summed E-state index contributed by atoms with van der Waals surface area (Å²) in [6, 6.07) is 8.30. The molecule has 1 aliphatic heterocycles. The first-order chi connectivity index (χ1) is 9.32. The normalized spacial score (nSPS) is 21.6. The van der Waals surface area contributed by atoms with E-state index in [1.54, 1.807) is 30.3 Å². The molecule has 0 aromatic heterocycles. The third kappa shape index (κ3) is 3.04. The first kappa shape index (κ1) is 15.1. The lowest BCUT2D eigenvalue weighted by molar-refractivity contribution is -0.0488. The molecule has 0 N–H and O–H groups in total. The maximum Gasteiger partial charge on any atom is 0.511 e. The summed E-state index contributed by atoms with van der Waals surface area (Å²) >= 11 is 0. The fourth-order valence-electron chi connectivity index (χ4n) is 2.18. The van der Waals surface area contributed by atoms with Crippen molar-refractivity contribution in [1.82, 2.24) is 4.31 Å². The van der Waals surface area contributed by atoms with E-state index in [9.17, 15) is 21.6 Å². The lowest BCUT2D eigenvalue weighted by Crippen LogP contribution is -2.42. The van der Waals surface area contributed by atoms with Crippen LogP contribution in [-0.4, -0.2) is 30.8 Å². The lowest BCUT2D eigenvalue weighted by atomic mass is 10.1. The van der Waals surface area contributed by atoms with Crippen LogP contribution in [0.4, 0.5) is 13.2 Å². The number of sulfonamides is 1. The van der Waals surface area contributed by atoms with Gasteiger partial charge in [0.1, 0.15) is 0 Å². The Hall–Kier alpha value is -1.34. The van der Waals surface area contributed by atoms with Gasteiger partial charge < -0.3 is 0 Å². The van der Waals surface area contributed by atoms with E-state index in [-0.39, 0.29) is 6.54 Å². The molecule has 0 spiro atoms. The molecule has 1 heterocycles. The predicted molar refractivity (Wildman–Crippen MR) is 70.2 cm³/mol. The molecule has 2 rings (SSSR count). The van der Waals surface area contributed by atoms with Gasteiger partial charge in [0, 0.05) is 12.6 Å². The Morgan fingerprint density at radius 3 is 2.45 bits per heavy atom. The topological polar surface area (TPSA) is 37.4 Å². The molecule has 1 aliphatic rings. The zero-order valence-electron chi connectivity index (χ0n) is 10.5. The quantitative estimate of drug-likeness (QED) is 0.861. The first-order valence-electron chi connectivity index (χ1n) is 6.14. The number of alkyl halides is 3. The molecule has 0 bridgehead atoms. The Kier molecular flexibility index (Phi) is 4.19. The van der Waals surface area contributed by atoms with Crippen molar-refractivity contribution < 1.29 is 21.6 Å². The van der Waals surface area contributed by atoms with Crippen LogP contribution in [0.5, 0.6) is 0 Å². The third-order valence-electron chi connectivity index (χ3n) is 3.16. The molecule has 110 valence electrons. The number of nitrogens with zero attached hydrogens (tertiary/aromatic N) is 1. The lowest BCUT2D eigenvalue weighted by Gasteiger charge is -2.22. The van der Waals surface area contributed by atoms with E-state index in [1.165, 1.54) is 6.08 Å². The Morgan fingerprint density at radius 1 is 1.20 bits per heavy atom. The number of halogens is 3. The zero-order valence-corrected chi connectivity index (χ0v) is 11.4. The maximum atomic E-state index is 12.6. The van der Waals surface area contributed by atoms with Crippen molar-refractivity contribution in [2.45, 2.75) is 24.4 Å². The predicted octanol–water partition coefficient (Wildman–Crippen LogP) is 3.01. The average Bonchev–Trinajstić information content (AvgIpc) is 2.85. The van der Waals surface area contributed by atoms with E-state index in [4.69, 9.17) is 0 Å². The van der Waals surface area contributed by atoms with E-state index < -0.39 is 21.6 Å². The molecule has 1 aromatic carbocycles. The number of hydrogen-bond donors (Lipinski definition) is 0. The third-order valence-corrected chi connectivity index (χ3v) is 4.82. The van der Waals surface area contributed by atoms with Gasteiger partial charge in [-0.05, 0) is 18.4 Å². The molecule has 1 aromatic rings. The van der Waals surface area contributed by atoms with Gasteiger partial charge in [-0.25, -0.2) is 8.42 Å². The highest BCUT2D eigenvalue weighted by atomic mass is 32.2. The maximum absolute atomic E-state index is 12.6. The monoisotopic (exact) mass is 305 g/mol. The molecule has 0 saturated carbocycles. The molecule has 1 unspecified atom stereocenters. The highest BCUT2D eigenvalue weighted by Crippen LogP contribution is 2.32. The summed E-state index contributed by atoms with van der Waals surface area (Å²) in [5, 5.41) is 0. The van der Waals surface area contributed by atoms with E-state index in [1.807, 2.05) is 6.07 Å². The van der Waals surface area contributed by atoms with Gasteiger partial charge in [-0.15, -0.1) is 0 Å².